The van der Waals surface area contributed by atoms with Gasteiger partial charge in [-0.05, 0) is 24.7 Å². The second-order valence-corrected chi connectivity index (χ2v) is 3.35. The number of aromatic amines is 1. The lowest BCUT2D eigenvalue weighted by atomic mass is 10.1. The summed E-state index contributed by atoms with van der Waals surface area (Å²) >= 11 is 6.04. The molecular weight excluding hydrogens is 186 g/mol. The average Bonchev–Trinajstić information content (AvgIpc) is 2.53. The van der Waals surface area contributed by atoms with Crippen LogP contribution in [0.5, 0.6) is 0 Å². The summed E-state index contributed by atoms with van der Waals surface area (Å²) in [5, 5.41) is 11.6. The van der Waals surface area contributed by atoms with Crippen molar-refractivity contribution in [3.63, 3.8) is 0 Å². The molecule has 13 heavy (non-hydrogen) atoms. The maximum atomic E-state index is 6.04. The molecule has 1 heterocycles. The summed E-state index contributed by atoms with van der Waals surface area (Å²) in [6.45, 7) is 0.820. The van der Waals surface area contributed by atoms with Gasteiger partial charge in [0.2, 0.25) is 0 Å². The number of H-pyrrole nitrogens is 1. The number of rotatable bonds is 2. The van der Waals surface area contributed by atoms with Crippen molar-refractivity contribution in [1.82, 2.24) is 15.5 Å². The van der Waals surface area contributed by atoms with E-state index in [1.165, 1.54) is 5.56 Å². The van der Waals surface area contributed by atoms with E-state index in [4.69, 9.17) is 11.6 Å². The van der Waals surface area contributed by atoms with Gasteiger partial charge in [0, 0.05) is 11.9 Å². The molecule has 0 aliphatic rings. The van der Waals surface area contributed by atoms with Gasteiger partial charge in [0.05, 0.1) is 16.7 Å². The van der Waals surface area contributed by atoms with Gasteiger partial charge in [0.25, 0.3) is 0 Å². The molecule has 2 N–H and O–H groups in total. The Morgan fingerprint density at radius 3 is 3.15 bits per heavy atom. The Hall–Kier alpha value is -1.06. The molecule has 0 aliphatic heterocycles. The second kappa shape index (κ2) is 3.36. The number of benzene rings is 1. The summed E-state index contributed by atoms with van der Waals surface area (Å²) in [7, 11) is 1.91. The Bertz CT molecular complexity index is 422. The molecule has 3 nitrogen and oxygen atoms in total. The van der Waals surface area contributed by atoms with Crippen LogP contribution in [0.3, 0.4) is 0 Å². The molecule has 0 spiro atoms. The zero-order chi connectivity index (χ0) is 9.26. The molecule has 68 valence electrons. The molecular formula is C9H10ClN3. The molecule has 0 radical (unpaired) electrons. The first-order chi connectivity index (χ1) is 6.31. The van der Waals surface area contributed by atoms with Crippen molar-refractivity contribution in [2.75, 3.05) is 7.05 Å². The van der Waals surface area contributed by atoms with Crippen molar-refractivity contribution >= 4 is 22.5 Å². The fraction of sp³-hybridized carbons (Fsp3) is 0.222. The highest BCUT2D eigenvalue weighted by atomic mass is 35.5. The molecule has 0 unspecified atom stereocenters. The van der Waals surface area contributed by atoms with E-state index in [9.17, 15) is 0 Å². The largest absolute Gasteiger partial charge is 0.316 e. The summed E-state index contributed by atoms with van der Waals surface area (Å²) in [6, 6.07) is 4.01. The third-order valence-electron chi connectivity index (χ3n) is 1.94. The monoisotopic (exact) mass is 195 g/mol. The zero-order valence-electron chi connectivity index (χ0n) is 7.26. The molecule has 0 saturated carbocycles. The number of halogens is 1. The van der Waals surface area contributed by atoms with Gasteiger partial charge in [-0.3, -0.25) is 5.10 Å². The van der Waals surface area contributed by atoms with Crippen LogP contribution in [0.2, 0.25) is 5.02 Å². The minimum Gasteiger partial charge on any atom is -0.316 e. The summed E-state index contributed by atoms with van der Waals surface area (Å²) in [6.07, 6.45) is 1.78. The van der Waals surface area contributed by atoms with Crippen LogP contribution >= 0.6 is 11.6 Å². The highest BCUT2D eigenvalue weighted by molar-refractivity contribution is 6.35. The van der Waals surface area contributed by atoms with Crippen LogP contribution in [-0.4, -0.2) is 17.2 Å². The highest BCUT2D eigenvalue weighted by Crippen LogP contribution is 2.22. The Kier molecular flexibility index (Phi) is 2.20. The molecule has 0 fully saturated rings. The van der Waals surface area contributed by atoms with Crippen LogP contribution in [0.1, 0.15) is 5.56 Å². The molecule has 2 aromatic rings. The Labute approximate surface area is 81.1 Å². The predicted octanol–water partition coefficient (Wildman–Crippen LogP) is 1.94. The lowest BCUT2D eigenvalue weighted by Crippen LogP contribution is -2.04. The first-order valence-electron chi connectivity index (χ1n) is 4.07. The molecule has 0 bridgehead atoms. The Balaban J connectivity index is 2.56. The molecule has 0 aliphatic carbocycles. The maximum absolute atomic E-state index is 6.04. The lowest BCUT2D eigenvalue weighted by molar-refractivity contribution is 0.819. The quantitative estimate of drug-likeness (QED) is 0.769. The van der Waals surface area contributed by atoms with Crippen LogP contribution in [0, 0.1) is 0 Å². The normalized spacial score (nSPS) is 10.9. The molecule has 1 aromatic heterocycles. The van der Waals surface area contributed by atoms with Gasteiger partial charge in [0.1, 0.15) is 0 Å². The number of aromatic nitrogens is 2. The van der Waals surface area contributed by atoms with Crippen LogP contribution in [0.15, 0.2) is 18.3 Å². The van der Waals surface area contributed by atoms with Gasteiger partial charge in [-0.2, -0.15) is 5.10 Å². The van der Waals surface area contributed by atoms with Crippen molar-refractivity contribution in [1.29, 1.82) is 0 Å². The zero-order valence-corrected chi connectivity index (χ0v) is 8.02. The number of nitrogens with one attached hydrogen (secondary N) is 2. The third-order valence-corrected chi connectivity index (χ3v) is 2.24. The van der Waals surface area contributed by atoms with Gasteiger partial charge >= 0.3 is 0 Å². The molecule has 0 saturated heterocycles. The fourth-order valence-electron chi connectivity index (χ4n) is 1.38. The van der Waals surface area contributed by atoms with E-state index < -0.39 is 0 Å². The van der Waals surface area contributed by atoms with Crippen LogP contribution < -0.4 is 5.32 Å². The van der Waals surface area contributed by atoms with Crippen molar-refractivity contribution in [3.8, 4) is 0 Å². The second-order valence-electron chi connectivity index (χ2n) is 2.94. The van der Waals surface area contributed by atoms with E-state index in [1.54, 1.807) is 6.20 Å². The number of hydrogen-bond acceptors (Lipinski definition) is 2. The van der Waals surface area contributed by atoms with E-state index in [0.717, 1.165) is 22.5 Å². The van der Waals surface area contributed by atoms with Crippen LogP contribution in [-0.2, 0) is 6.54 Å². The van der Waals surface area contributed by atoms with E-state index in [0.29, 0.717) is 0 Å². The van der Waals surface area contributed by atoms with Crippen LogP contribution in [0.4, 0.5) is 0 Å². The Morgan fingerprint density at radius 1 is 1.54 bits per heavy atom. The van der Waals surface area contributed by atoms with E-state index in [-0.39, 0.29) is 0 Å². The fourth-order valence-corrected chi connectivity index (χ4v) is 1.67. The highest BCUT2D eigenvalue weighted by Gasteiger charge is 2.02. The van der Waals surface area contributed by atoms with Crippen molar-refractivity contribution < 1.29 is 0 Å². The molecule has 2 rings (SSSR count). The standard InChI is InChI=1S/C9H10ClN3/c1-11-4-6-2-7-5-12-13-9(7)8(10)3-6/h2-3,5,11H,4H2,1H3,(H,12,13). The maximum Gasteiger partial charge on any atom is 0.0836 e. The summed E-state index contributed by atoms with van der Waals surface area (Å²) in [5.74, 6) is 0. The first kappa shape index (κ1) is 8.53. The number of nitrogens with zero attached hydrogens (tertiary/aromatic N) is 1. The average molecular weight is 196 g/mol. The predicted molar refractivity (Wildman–Crippen MR) is 53.9 cm³/mol. The van der Waals surface area contributed by atoms with E-state index in [2.05, 4.69) is 21.6 Å². The van der Waals surface area contributed by atoms with Crippen molar-refractivity contribution in [2.45, 2.75) is 6.54 Å². The van der Waals surface area contributed by atoms with Gasteiger partial charge in [-0.15, -0.1) is 0 Å². The molecule has 1 aromatic carbocycles. The minimum absolute atomic E-state index is 0.722. The van der Waals surface area contributed by atoms with Crippen molar-refractivity contribution in [3.05, 3.63) is 28.9 Å². The smallest absolute Gasteiger partial charge is 0.0836 e. The lowest BCUT2D eigenvalue weighted by Gasteiger charge is -2.01. The van der Waals surface area contributed by atoms with Gasteiger partial charge in [-0.25, -0.2) is 0 Å². The Morgan fingerprint density at radius 2 is 2.38 bits per heavy atom. The third kappa shape index (κ3) is 1.53. The molecule has 0 amide bonds. The van der Waals surface area contributed by atoms with Gasteiger partial charge in [-0.1, -0.05) is 11.6 Å². The van der Waals surface area contributed by atoms with Crippen LogP contribution in [0.25, 0.3) is 10.9 Å². The summed E-state index contributed by atoms with van der Waals surface area (Å²) < 4.78 is 0. The number of hydrogen-bond donors (Lipinski definition) is 2. The van der Waals surface area contributed by atoms with Gasteiger partial charge in [0.15, 0.2) is 0 Å². The first-order valence-corrected chi connectivity index (χ1v) is 4.45. The topological polar surface area (TPSA) is 40.7 Å². The minimum atomic E-state index is 0.722. The summed E-state index contributed by atoms with van der Waals surface area (Å²) in [4.78, 5) is 0. The van der Waals surface area contributed by atoms with Gasteiger partial charge < -0.3 is 5.32 Å². The number of fused-ring (bicyclic) bond motifs is 1. The van der Waals surface area contributed by atoms with E-state index in [1.807, 2.05) is 13.1 Å². The van der Waals surface area contributed by atoms with Crippen molar-refractivity contribution in [2.24, 2.45) is 0 Å². The molecule has 0 atom stereocenters. The summed E-state index contributed by atoms with van der Waals surface area (Å²) in [5.41, 5.74) is 2.07. The molecule has 4 heteroatoms. The SMILES string of the molecule is CNCc1cc(Cl)c2[nH]ncc2c1. The van der Waals surface area contributed by atoms with E-state index >= 15 is 0 Å².